The maximum Gasteiger partial charge on any atom is 0.119 e. The van der Waals surface area contributed by atoms with Gasteiger partial charge in [-0.05, 0) is 44.0 Å². The molecule has 1 atom stereocenters. The van der Waals surface area contributed by atoms with E-state index in [2.05, 4.69) is 19.2 Å². The molecule has 0 spiro atoms. The molecule has 0 aromatic heterocycles. The number of rotatable bonds is 8. The molecule has 1 aromatic carbocycles. The average molecular weight is 221 g/mol. The van der Waals surface area contributed by atoms with Crippen LogP contribution in [0.15, 0.2) is 30.3 Å². The number of ether oxygens (including phenoxy) is 1. The maximum absolute atomic E-state index is 5.64. The smallest absolute Gasteiger partial charge is 0.119 e. The van der Waals surface area contributed by atoms with E-state index in [0.29, 0.717) is 0 Å². The molecule has 1 N–H and O–H groups in total. The zero-order valence-corrected chi connectivity index (χ0v) is 10.4. The van der Waals surface area contributed by atoms with E-state index >= 15 is 0 Å². The van der Waals surface area contributed by atoms with E-state index in [-0.39, 0.29) is 0 Å². The molecule has 1 unspecified atom stereocenters. The lowest BCUT2D eigenvalue weighted by Gasteiger charge is -2.12. The summed E-state index contributed by atoms with van der Waals surface area (Å²) >= 11 is 0. The fourth-order valence-electron chi connectivity index (χ4n) is 1.63. The van der Waals surface area contributed by atoms with Crippen molar-refractivity contribution in [2.75, 3.05) is 19.7 Å². The number of hydrogen-bond donors (Lipinski definition) is 1. The highest BCUT2D eigenvalue weighted by Crippen LogP contribution is 2.10. The van der Waals surface area contributed by atoms with Crippen LogP contribution < -0.4 is 10.1 Å². The fourth-order valence-corrected chi connectivity index (χ4v) is 1.63. The van der Waals surface area contributed by atoms with Gasteiger partial charge < -0.3 is 10.1 Å². The van der Waals surface area contributed by atoms with Gasteiger partial charge in [0.2, 0.25) is 0 Å². The van der Waals surface area contributed by atoms with E-state index in [9.17, 15) is 0 Å². The third-order valence-corrected chi connectivity index (χ3v) is 2.60. The predicted octanol–water partition coefficient (Wildman–Crippen LogP) is 3.09. The van der Waals surface area contributed by atoms with E-state index in [1.165, 1.54) is 6.42 Å². The summed E-state index contributed by atoms with van der Waals surface area (Å²) in [5, 5.41) is 3.37. The Balaban J connectivity index is 2.03. The van der Waals surface area contributed by atoms with Crippen molar-refractivity contribution in [2.45, 2.75) is 26.7 Å². The van der Waals surface area contributed by atoms with Crippen molar-refractivity contribution in [3.63, 3.8) is 0 Å². The second kappa shape index (κ2) is 8.17. The molecule has 0 aliphatic rings. The first kappa shape index (κ1) is 13.0. The molecule has 0 radical (unpaired) electrons. The molecular weight excluding hydrogens is 198 g/mol. The van der Waals surface area contributed by atoms with Crippen LogP contribution >= 0.6 is 0 Å². The zero-order valence-electron chi connectivity index (χ0n) is 10.4. The summed E-state index contributed by atoms with van der Waals surface area (Å²) in [5.74, 6) is 1.71. The third kappa shape index (κ3) is 5.76. The summed E-state index contributed by atoms with van der Waals surface area (Å²) in [5.41, 5.74) is 0. The van der Waals surface area contributed by atoms with Crippen LogP contribution in [0.25, 0.3) is 0 Å². The summed E-state index contributed by atoms with van der Waals surface area (Å²) in [7, 11) is 0. The molecule has 90 valence electrons. The van der Waals surface area contributed by atoms with Gasteiger partial charge in [-0.2, -0.15) is 0 Å². The van der Waals surface area contributed by atoms with Crippen molar-refractivity contribution in [2.24, 2.45) is 5.92 Å². The summed E-state index contributed by atoms with van der Waals surface area (Å²) in [4.78, 5) is 0. The Morgan fingerprint density at radius 3 is 2.69 bits per heavy atom. The standard InChI is InChI=1S/C14H23NO/c1-3-15-12-13(2)8-7-11-16-14-9-5-4-6-10-14/h4-6,9-10,13,15H,3,7-8,11-12H2,1-2H3. The number of benzene rings is 1. The summed E-state index contributed by atoms with van der Waals surface area (Å²) in [6.45, 7) is 7.42. The highest BCUT2D eigenvalue weighted by Gasteiger charge is 2.00. The zero-order chi connectivity index (χ0) is 11.6. The predicted molar refractivity (Wildman–Crippen MR) is 68.9 cm³/mol. The fraction of sp³-hybridized carbons (Fsp3) is 0.571. The SMILES string of the molecule is CCNCC(C)CCCOc1ccccc1. The Kier molecular flexibility index (Phi) is 6.66. The van der Waals surface area contributed by atoms with Crippen LogP contribution in [0.2, 0.25) is 0 Å². The maximum atomic E-state index is 5.64. The molecule has 0 aliphatic carbocycles. The Hall–Kier alpha value is -1.02. The molecule has 0 saturated heterocycles. The average Bonchev–Trinajstić information content (AvgIpc) is 2.33. The summed E-state index contributed by atoms with van der Waals surface area (Å²) in [6.07, 6.45) is 2.35. The van der Waals surface area contributed by atoms with E-state index in [1.54, 1.807) is 0 Å². The summed E-state index contributed by atoms with van der Waals surface area (Å²) in [6, 6.07) is 10.0. The minimum absolute atomic E-state index is 0.735. The molecule has 0 saturated carbocycles. The molecule has 2 heteroatoms. The molecule has 0 amide bonds. The molecular formula is C14H23NO. The topological polar surface area (TPSA) is 21.3 Å². The quantitative estimate of drug-likeness (QED) is 0.681. The van der Waals surface area contributed by atoms with Crippen LogP contribution in [0.5, 0.6) is 5.75 Å². The van der Waals surface area contributed by atoms with Gasteiger partial charge in [0, 0.05) is 0 Å². The molecule has 16 heavy (non-hydrogen) atoms. The Bertz CT molecular complexity index is 261. The number of para-hydroxylation sites is 1. The molecule has 2 nitrogen and oxygen atoms in total. The minimum Gasteiger partial charge on any atom is -0.494 e. The molecule has 0 bridgehead atoms. The van der Waals surface area contributed by atoms with Gasteiger partial charge in [0.05, 0.1) is 6.61 Å². The highest BCUT2D eigenvalue weighted by atomic mass is 16.5. The molecule has 1 aromatic rings. The molecule has 0 fully saturated rings. The molecule has 1 rings (SSSR count). The lowest BCUT2D eigenvalue weighted by Crippen LogP contribution is -2.20. The van der Waals surface area contributed by atoms with Crippen LogP contribution in [0, 0.1) is 5.92 Å². The normalized spacial score (nSPS) is 12.4. The van der Waals surface area contributed by atoms with Crippen LogP contribution in [0.4, 0.5) is 0 Å². The van der Waals surface area contributed by atoms with Crippen LogP contribution in [0.3, 0.4) is 0 Å². The first-order chi connectivity index (χ1) is 7.83. The second-order valence-electron chi connectivity index (χ2n) is 4.22. The Morgan fingerprint density at radius 2 is 2.00 bits per heavy atom. The lowest BCUT2D eigenvalue weighted by atomic mass is 10.1. The van der Waals surface area contributed by atoms with Crippen molar-refractivity contribution in [1.82, 2.24) is 5.32 Å². The van der Waals surface area contributed by atoms with Crippen LogP contribution in [0.1, 0.15) is 26.7 Å². The highest BCUT2D eigenvalue weighted by molar-refractivity contribution is 5.20. The van der Waals surface area contributed by atoms with Gasteiger partial charge in [0.1, 0.15) is 5.75 Å². The van der Waals surface area contributed by atoms with Gasteiger partial charge in [-0.3, -0.25) is 0 Å². The first-order valence-electron chi connectivity index (χ1n) is 6.21. The van der Waals surface area contributed by atoms with Gasteiger partial charge in [-0.15, -0.1) is 0 Å². The van der Waals surface area contributed by atoms with Crippen LogP contribution in [-0.2, 0) is 0 Å². The largest absolute Gasteiger partial charge is 0.494 e. The van der Waals surface area contributed by atoms with Crippen LogP contribution in [-0.4, -0.2) is 19.7 Å². The monoisotopic (exact) mass is 221 g/mol. The number of nitrogens with one attached hydrogen (secondary N) is 1. The van der Waals surface area contributed by atoms with Crippen molar-refractivity contribution in [3.8, 4) is 5.75 Å². The van der Waals surface area contributed by atoms with Gasteiger partial charge in [-0.1, -0.05) is 32.0 Å². The van der Waals surface area contributed by atoms with Crippen molar-refractivity contribution < 1.29 is 4.74 Å². The summed E-state index contributed by atoms with van der Waals surface area (Å²) < 4.78 is 5.64. The number of hydrogen-bond acceptors (Lipinski definition) is 2. The van der Waals surface area contributed by atoms with Crippen molar-refractivity contribution in [3.05, 3.63) is 30.3 Å². The Labute approximate surface area is 99.0 Å². The third-order valence-electron chi connectivity index (χ3n) is 2.60. The minimum atomic E-state index is 0.735. The van der Waals surface area contributed by atoms with E-state index in [1.807, 2.05) is 30.3 Å². The van der Waals surface area contributed by atoms with Gasteiger partial charge in [-0.25, -0.2) is 0 Å². The van der Waals surface area contributed by atoms with E-state index < -0.39 is 0 Å². The van der Waals surface area contributed by atoms with Gasteiger partial charge >= 0.3 is 0 Å². The van der Waals surface area contributed by atoms with Crippen molar-refractivity contribution in [1.29, 1.82) is 0 Å². The second-order valence-corrected chi connectivity index (χ2v) is 4.22. The van der Waals surface area contributed by atoms with E-state index in [4.69, 9.17) is 4.74 Å². The Morgan fingerprint density at radius 1 is 1.25 bits per heavy atom. The lowest BCUT2D eigenvalue weighted by molar-refractivity contribution is 0.293. The van der Waals surface area contributed by atoms with Gasteiger partial charge in [0.15, 0.2) is 0 Å². The molecule has 0 aliphatic heterocycles. The first-order valence-corrected chi connectivity index (χ1v) is 6.21. The van der Waals surface area contributed by atoms with E-state index in [0.717, 1.165) is 37.8 Å². The van der Waals surface area contributed by atoms with Crippen molar-refractivity contribution >= 4 is 0 Å². The van der Waals surface area contributed by atoms with Gasteiger partial charge in [0.25, 0.3) is 0 Å². The molecule has 0 heterocycles.